The Morgan fingerprint density at radius 3 is 3.00 bits per heavy atom. The molecule has 0 saturated heterocycles. The van der Waals surface area contributed by atoms with Crippen molar-refractivity contribution in [3.8, 4) is 10.4 Å². The van der Waals surface area contributed by atoms with Gasteiger partial charge in [0.15, 0.2) is 0 Å². The second kappa shape index (κ2) is 6.58. The standard InChI is InChI=1S/C16H14N6OS.ClH/c1-9-13(4-11(17)6-19-9)21-15(23)12-7-20-22-8-14(24-16(12)22)10-2-3-18-5-10;/h2-8,18H,17H2,1H3,(H,21,23);1H. The lowest BCUT2D eigenvalue weighted by atomic mass is 10.2. The van der Waals surface area contributed by atoms with Gasteiger partial charge >= 0.3 is 0 Å². The highest BCUT2D eigenvalue weighted by molar-refractivity contribution is 7.21. The van der Waals surface area contributed by atoms with Crippen LogP contribution in [0.15, 0.2) is 43.1 Å². The van der Waals surface area contributed by atoms with Gasteiger partial charge in [-0.1, -0.05) is 0 Å². The summed E-state index contributed by atoms with van der Waals surface area (Å²) < 4.78 is 1.71. The summed E-state index contributed by atoms with van der Waals surface area (Å²) >= 11 is 1.51. The van der Waals surface area contributed by atoms with Gasteiger partial charge in [0.1, 0.15) is 4.83 Å². The number of H-pyrrole nitrogens is 1. The van der Waals surface area contributed by atoms with E-state index in [2.05, 4.69) is 20.4 Å². The van der Waals surface area contributed by atoms with Gasteiger partial charge in [0.05, 0.1) is 39.9 Å². The van der Waals surface area contributed by atoms with Crippen LogP contribution in [0, 0.1) is 6.92 Å². The third-order valence-electron chi connectivity index (χ3n) is 3.68. The molecular formula is C16H15ClN6OS. The fourth-order valence-electron chi connectivity index (χ4n) is 2.42. The Hall–Kier alpha value is -2.84. The second-order valence-corrected chi connectivity index (χ2v) is 6.39. The molecule has 0 spiro atoms. The van der Waals surface area contributed by atoms with Crippen LogP contribution in [0.4, 0.5) is 11.4 Å². The number of aromatic nitrogens is 4. The number of anilines is 2. The summed E-state index contributed by atoms with van der Waals surface area (Å²) in [7, 11) is 0. The number of carbonyl (C=O) groups is 1. The van der Waals surface area contributed by atoms with Crippen LogP contribution in [0.5, 0.6) is 0 Å². The number of fused-ring (bicyclic) bond motifs is 1. The van der Waals surface area contributed by atoms with Crippen LogP contribution in [0.25, 0.3) is 15.3 Å². The number of nitrogens with zero attached hydrogens (tertiary/aromatic N) is 3. The first kappa shape index (κ1) is 17.0. The average Bonchev–Trinajstić information content (AvgIpc) is 3.25. The van der Waals surface area contributed by atoms with Crippen LogP contribution >= 0.6 is 23.7 Å². The van der Waals surface area contributed by atoms with Crippen molar-refractivity contribution in [2.75, 3.05) is 11.1 Å². The van der Waals surface area contributed by atoms with Gasteiger partial charge in [0, 0.05) is 24.2 Å². The number of pyridine rings is 1. The molecule has 0 saturated carbocycles. The number of aromatic amines is 1. The molecule has 1 amide bonds. The third kappa shape index (κ3) is 3.09. The van der Waals surface area contributed by atoms with Gasteiger partial charge < -0.3 is 16.0 Å². The Kier molecular flexibility index (Phi) is 4.47. The van der Waals surface area contributed by atoms with Gasteiger partial charge in [-0.25, -0.2) is 4.52 Å². The van der Waals surface area contributed by atoms with Crippen LogP contribution < -0.4 is 11.1 Å². The molecule has 4 N–H and O–H groups in total. The quantitative estimate of drug-likeness (QED) is 0.511. The first-order valence-corrected chi connectivity index (χ1v) is 8.07. The van der Waals surface area contributed by atoms with Crippen LogP contribution in [0.2, 0.25) is 0 Å². The van der Waals surface area contributed by atoms with Gasteiger partial charge in [-0.3, -0.25) is 9.78 Å². The molecule has 4 rings (SSSR count). The Balaban J connectivity index is 0.00000182. The van der Waals surface area contributed by atoms with Gasteiger partial charge in [-0.2, -0.15) is 5.10 Å². The number of thiazole rings is 1. The number of nitrogen functional groups attached to an aromatic ring is 1. The fourth-order valence-corrected chi connectivity index (χ4v) is 3.47. The van der Waals surface area contributed by atoms with Crippen LogP contribution in [-0.4, -0.2) is 25.5 Å². The number of nitrogens with two attached hydrogens (primary N) is 1. The summed E-state index contributed by atoms with van der Waals surface area (Å²) in [5, 5.41) is 7.12. The minimum atomic E-state index is -0.233. The van der Waals surface area contributed by atoms with E-state index in [1.807, 2.05) is 31.6 Å². The van der Waals surface area contributed by atoms with Crippen LogP contribution in [0.1, 0.15) is 16.1 Å². The van der Waals surface area contributed by atoms with Crippen molar-refractivity contribution in [1.29, 1.82) is 0 Å². The van der Waals surface area contributed by atoms with Crippen molar-refractivity contribution in [3.05, 3.63) is 54.4 Å². The maximum absolute atomic E-state index is 12.6. The van der Waals surface area contributed by atoms with E-state index in [-0.39, 0.29) is 18.3 Å². The van der Waals surface area contributed by atoms with E-state index in [0.717, 1.165) is 15.3 Å². The zero-order valence-corrected chi connectivity index (χ0v) is 14.8. The molecular weight excluding hydrogens is 360 g/mol. The van der Waals surface area contributed by atoms with Gasteiger partial charge in [0.25, 0.3) is 5.91 Å². The summed E-state index contributed by atoms with van der Waals surface area (Å²) in [5.74, 6) is -0.233. The lowest BCUT2D eigenvalue weighted by molar-refractivity contribution is 0.102. The molecule has 4 heterocycles. The number of halogens is 1. The van der Waals surface area contributed by atoms with E-state index in [1.165, 1.54) is 11.3 Å². The summed E-state index contributed by atoms with van der Waals surface area (Å²) in [6.45, 7) is 1.82. The number of rotatable bonds is 3. The van der Waals surface area contributed by atoms with E-state index in [4.69, 9.17) is 5.73 Å². The van der Waals surface area contributed by atoms with E-state index in [9.17, 15) is 4.79 Å². The van der Waals surface area contributed by atoms with Gasteiger partial charge in [-0.15, -0.1) is 23.7 Å². The molecule has 0 aromatic carbocycles. The zero-order chi connectivity index (χ0) is 16.7. The molecule has 128 valence electrons. The first-order valence-electron chi connectivity index (χ1n) is 7.25. The number of carbonyl (C=O) groups excluding carboxylic acids is 1. The molecule has 0 unspecified atom stereocenters. The minimum absolute atomic E-state index is 0. The summed E-state index contributed by atoms with van der Waals surface area (Å²) in [4.78, 5) is 21.6. The maximum atomic E-state index is 12.6. The Morgan fingerprint density at radius 2 is 2.24 bits per heavy atom. The largest absolute Gasteiger partial charge is 0.397 e. The minimum Gasteiger partial charge on any atom is -0.397 e. The fraction of sp³-hybridized carbons (Fsp3) is 0.0625. The SMILES string of the molecule is Cc1ncc(N)cc1NC(=O)c1cnn2cc(-c3cc[nH]c3)sc12.Cl. The third-order valence-corrected chi connectivity index (χ3v) is 4.84. The first-order chi connectivity index (χ1) is 11.6. The van der Waals surface area contributed by atoms with Gasteiger partial charge in [-0.05, 0) is 19.1 Å². The Labute approximate surface area is 153 Å². The zero-order valence-electron chi connectivity index (χ0n) is 13.2. The highest BCUT2D eigenvalue weighted by Gasteiger charge is 2.17. The van der Waals surface area contributed by atoms with Gasteiger partial charge in [0.2, 0.25) is 0 Å². The van der Waals surface area contributed by atoms with E-state index in [1.54, 1.807) is 23.0 Å². The smallest absolute Gasteiger partial charge is 0.260 e. The number of aryl methyl sites for hydroxylation is 1. The normalized spacial score (nSPS) is 10.6. The maximum Gasteiger partial charge on any atom is 0.260 e. The monoisotopic (exact) mass is 374 g/mol. The molecule has 0 aliphatic heterocycles. The highest BCUT2D eigenvalue weighted by Crippen LogP contribution is 2.30. The number of amides is 1. The second-order valence-electron chi connectivity index (χ2n) is 5.36. The van der Waals surface area contributed by atoms with Crippen molar-refractivity contribution < 1.29 is 4.79 Å². The molecule has 25 heavy (non-hydrogen) atoms. The molecule has 0 bridgehead atoms. The number of hydrogen-bond acceptors (Lipinski definition) is 5. The molecule has 4 aromatic heterocycles. The predicted octanol–water partition coefficient (Wildman–Crippen LogP) is 3.35. The summed E-state index contributed by atoms with van der Waals surface area (Å²) in [6, 6.07) is 3.67. The van der Waals surface area contributed by atoms with Crippen molar-refractivity contribution in [2.24, 2.45) is 0 Å². The molecule has 0 aliphatic carbocycles. The predicted molar refractivity (Wildman–Crippen MR) is 101 cm³/mol. The number of hydrogen-bond donors (Lipinski definition) is 3. The molecule has 0 radical (unpaired) electrons. The molecule has 7 nitrogen and oxygen atoms in total. The molecule has 0 atom stereocenters. The Morgan fingerprint density at radius 1 is 1.40 bits per heavy atom. The average molecular weight is 375 g/mol. The molecule has 0 fully saturated rings. The topological polar surface area (TPSA) is 101 Å². The van der Waals surface area contributed by atoms with Crippen molar-refractivity contribution in [2.45, 2.75) is 6.92 Å². The molecule has 4 aromatic rings. The highest BCUT2D eigenvalue weighted by atomic mass is 35.5. The Bertz CT molecular complexity index is 1040. The van der Waals surface area contributed by atoms with Crippen LogP contribution in [-0.2, 0) is 0 Å². The van der Waals surface area contributed by atoms with Crippen molar-refractivity contribution in [3.63, 3.8) is 0 Å². The summed E-state index contributed by atoms with van der Waals surface area (Å²) in [6.07, 6.45) is 8.81. The molecule has 9 heteroatoms. The lowest BCUT2D eigenvalue weighted by Crippen LogP contribution is -2.13. The lowest BCUT2D eigenvalue weighted by Gasteiger charge is -2.07. The van der Waals surface area contributed by atoms with Crippen LogP contribution in [0.3, 0.4) is 0 Å². The van der Waals surface area contributed by atoms with E-state index < -0.39 is 0 Å². The molecule has 0 aliphatic rings. The van der Waals surface area contributed by atoms with E-state index >= 15 is 0 Å². The summed E-state index contributed by atoms with van der Waals surface area (Å²) in [5.41, 5.74) is 9.13. The number of nitrogens with one attached hydrogen (secondary N) is 2. The van der Waals surface area contributed by atoms with Crippen molar-refractivity contribution in [1.82, 2.24) is 19.6 Å². The van der Waals surface area contributed by atoms with Crippen molar-refractivity contribution >= 4 is 45.9 Å². The van der Waals surface area contributed by atoms with E-state index in [0.29, 0.717) is 22.6 Å².